The molecule has 3 aromatic carbocycles. The maximum Gasteiger partial charge on any atom is 0.258 e. The average molecular weight is 457 g/mol. The summed E-state index contributed by atoms with van der Waals surface area (Å²) in [6.45, 7) is 3.32. The molecule has 1 amide bonds. The lowest BCUT2D eigenvalue weighted by atomic mass is 10.1. The molecule has 32 heavy (non-hydrogen) atoms. The quantitative estimate of drug-likeness (QED) is 0.507. The van der Waals surface area contributed by atoms with Crippen molar-refractivity contribution in [1.29, 1.82) is 0 Å². The van der Waals surface area contributed by atoms with Crippen molar-refractivity contribution in [2.75, 3.05) is 6.61 Å². The minimum Gasteiger partial charge on any atom is -0.484 e. The van der Waals surface area contributed by atoms with Gasteiger partial charge in [-0.25, -0.2) is 17.5 Å². The first-order chi connectivity index (χ1) is 15.2. The van der Waals surface area contributed by atoms with Crippen molar-refractivity contribution in [2.24, 2.45) is 0 Å². The summed E-state index contributed by atoms with van der Waals surface area (Å²) in [7, 11) is -3.72. The first-order valence-corrected chi connectivity index (χ1v) is 11.6. The van der Waals surface area contributed by atoms with Crippen LogP contribution in [0.2, 0.25) is 0 Å². The number of carbonyl (C=O) groups is 1. The summed E-state index contributed by atoms with van der Waals surface area (Å²) in [4.78, 5) is 12.2. The summed E-state index contributed by atoms with van der Waals surface area (Å²) in [6.07, 6.45) is 0. The Labute approximate surface area is 187 Å². The van der Waals surface area contributed by atoms with Crippen LogP contribution in [-0.2, 0) is 14.8 Å². The maximum atomic E-state index is 13.0. The molecular weight excluding hydrogens is 431 g/mol. The minimum atomic E-state index is -3.72. The number of halogens is 1. The van der Waals surface area contributed by atoms with Gasteiger partial charge in [-0.2, -0.15) is 0 Å². The molecule has 0 aliphatic rings. The number of hydrogen-bond acceptors (Lipinski definition) is 4. The first kappa shape index (κ1) is 23.4. The van der Waals surface area contributed by atoms with Crippen molar-refractivity contribution < 1.29 is 22.3 Å². The normalized spacial score (nSPS) is 13.2. The van der Waals surface area contributed by atoms with Crippen molar-refractivity contribution in [1.82, 2.24) is 10.0 Å². The van der Waals surface area contributed by atoms with Crippen LogP contribution >= 0.6 is 0 Å². The van der Waals surface area contributed by atoms with Gasteiger partial charge >= 0.3 is 0 Å². The van der Waals surface area contributed by atoms with E-state index in [1.54, 1.807) is 26.0 Å². The van der Waals surface area contributed by atoms with Gasteiger partial charge in [0, 0.05) is 6.04 Å². The molecule has 0 heterocycles. The predicted molar refractivity (Wildman–Crippen MR) is 120 cm³/mol. The summed E-state index contributed by atoms with van der Waals surface area (Å²) in [6, 6.07) is 20.3. The molecule has 0 fully saturated rings. The van der Waals surface area contributed by atoms with E-state index in [1.165, 1.54) is 36.4 Å². The molecule has 0 aliphatic carbocycles. The fourth-order valence-corrected chi connectivity index (χ4v) is 4.32. The molecule has 0 unspecified atom stereocenters. The van der Waals surface area contributed by atoms with Crippen LogP contribution in [0.15, 0.2) is 83.8 Å². The monoisotopic (exact) mass is 456 g/mol. The fourth-order valence-electron chi connectivity index (χ4n) is 3.09. The van der Waals surface area contributed by atoms with Crippen molar-refractivity contribution >= 4 is 15.9 Å². The Morgan fingerprint density at radius 1 is 0.875 bits per heavy atom. The molecule has 0 spiro atoms. The van der Waals surface area contributed by atoms with Gasteiger partial charge in [0.15, 0.2) is 6.61 Å². The molecule has 0 radical (unpaired) electrons. The van der Waals surface area contributed by atoms with Gasteiger partial charge in [0.25, 0.3) is 5.91 Å². The minimum absolute atomic E-state index is 0.0991. The Hall–Kier alpha value is -3.23. The number of carbonyl (C=O) groups excluding carboxylic acids is 1. The van der Waals surface area contributed by atoms with Crippen LogP contribution in [0.5, 0.6) is 5.75 Å². The second-order valence-electron chi connectivity index (χ2n) is 7.35. The standard InChI is InChI=1S/C24H25FN2O4S/c1-17(20-8-10-21(25)11-9-20)26-24(28)16-31-22-12-14-23(15-13-22)32(29,30)27-18(2)19-6-4-3-5-7-19/h3-15,17-18,27H,16H2,1-2H3,(H,26,28)/t17-,18-/m1/s1. The zero-order valence-corrected chi connectivity index (χ0v) is 18.6. The summed E-state index contributed by atoms with van der Waals surface area (Å²) in [5.41, 5.74) is 1.63. The lowest BCUT2D eigenvalue weighted by Crippen LogP contribution is -2.31. The number of sulfonamides is 1. The van der Waals surface area contributed by atoms with E-state index in [0.29, 0.717) is 5.75 Å². The number of ether oxygens (including phenoxy) is 1. The van der Waals surface area contributed by atoms with E-state index in [9.17, 15) is 17.6 Å². The van der Waals surface area contributed by atoms with E-state index in [2.05, 4.69) is 10.0 Å². The van der Waals surface area contributed by atoms with Crippen LogP contribution in [0.25, 0.3) is 0 Å². The van der Waals surface area contributed by atoms with Gasteiger partial charge in [0.1, 0.15) is 11.6 Å². The summed E-state index contributed by atoms with van der Waals surface area (Å²) < 4.78 is 46.4. The van der Waals surface area contributed by atoms with Crippen molar-refractivity contribution in [3.8, 4) is 5.75 Å². The third kappa shape index (κ3) is 6.38. The molecule has 2 N–H and O–H groups in total. The molecule has 6 nitrogen and oxygen atoms in total. The molecule has 2 atom stereocenters. The van der Waals surface area contributed by atoms with Gasteiger partial charge in [0.2, 0.25) is 10.0 Å². The Morgan fingerprint density at radius 3 is 2.09 bits per heavy atom. The molecule has 0 saturated carbocycles. The van der Waals surface area contributed by atoms with Crippen LogP contribution in [0.1, 0.15) is 37.1 Å². The molecule has 3 aromatic rings. The number of rotatable bonds is 9. The number of benzene rings is 3. The van der Waals surface area contributed by atoms with E-state index < -0.39 is 10.0 Å². The number of nitrogens with one attached hydrogen (secondary N) is 2. The highest BCUT2D eigenvalue weighted by atomic mass is 32.2. The number of hydrogen-bond donors (Lipinski definition) is 2. The predicted octanol–water partition coefficient (Wildman–Crippen LogP) is 4.12. The zero-order valence-electron chi connectivity index (χ0n) is 17.8. The van der Waals surface area contributed by atoms with Gasteiger partial charge in [-0.05, 0) is 61.4 Å². The molecule has 0 aliphatic heterocycles. The second-order valence-corrected chi connectivity index (χ2v) is 9.07. The third-order valence-corrected chi connectivity index (χ3v) is 6.44. The second kappa shape index (κ2) is 10.4. The Balaban J connectivity index is 1.53. The molecule has 0 bridgehead atoms. The van der Waals surface area contributed by atoms with E-state index in [0.717, 1.165) is 11.1 Å². The molecule has 0 saturated heterocycles. The SMILES string of the molecule is C[C@@H](NC(=O)COc1ccc(S(=O)(=O)N[C@H](C)c2ccccc2)cc1)c1ccc(F)cc1. The number of amides is 1. The van der Waals surface area contributed by atoms with Gasteiger partial charge in [-0.1, -0.05) is 42.5 Å². The van der Waals surface area contributed by atoms with Crippen LogP contribution in [0.3, 0.4) is 0 Å². The Kier molecular flexibility index (Phi) is 7.61. The topological polar surface area (TPSA) is 84.5 Å². The highest BCUT2D eigenvalue weighted by Gasteiger charge is 2.18. The van der Waals surface area contributed by atoms with E-state index >= 15 is 0 Å². The van der Waals surface area contributed by atoms with Crippen LogP contribution in [0, 0.1) is 5.82 Å². The van der Waals surface area contributed by atoms with Crippen LogP contribution in [-0.4, -0.2) is 20.9 Å². The van der Waals surface area contributed by atoms with Crippen molar-refractivity contribution in [3.05, 3.63) is 95.8 Å². The molecular formula is C24H25FN2O4S. The van der Waals surface area contributed by atoms with Crippen LogP contribution < -0.4 is 14.8 Å². The third-order valence-electron chi connectivity index (χ3n) is 4.88. The van der Waals surface area contributed by atoms with Gasteiger partial charge in [-0.15, -0.1) is 0 Å². The van der Waals surface area contributed by atoms with E-state index in [-0.39, 0.29) is 35.3 Å². The lowest BCUT2D eigenvalue weighted by molar-refractivity contribution is -0.123. The molecule has 3 rings (SSSR count). The molecule has 168 valence electrons. The summed E-state index contributed by atoms with van der Waals surface area (Å²) >= 11 is 0. The maximum absolute atomic E-state index is 13.0. The lowest BCUT2D eigenvalue weighted by Gasteiger charge is -2.16. The van der Waals surface area contributed by atoms with E-state index in [4.69, 9.17) is 4.74 Å². The first-order valence-electron chi connectivity index (χ1n) is 10.1. The fraction of sp³-hybridized carbons (Fsp3) is 0.208. The summed E-state index contributed by atoms with van der Waals surface area (Å²) in [5, 5.41) is 2.77. The average Bonchev–Trinajstić information content (AvgIpc) is 2.78. The zero-order chi connectivity index (χ0) is 23.1. The van der Waals surface area contributed by atoms with Gasteiger partial charge < -0.3 is 10.1 Å². The van der Waals surface area contributed by atoms with Gasteiger partial charge in [0.05, 0.1) is 10.9 Å². The highest BCUT2D eigenvalue weighted by molar-refractivity contribution is 7.89. The molecule has 0 aromatic heterocycles. The van der Waals surface area contributed by atoms with Crippen molar-refractivity contribution in [3.63, 3.8) is 0 Å². The molecule has 8 heteroatoms. The van der Waals surface area contributed by atoms with Gasteiger partial charge in [-0.3, -0.25) is 4.79 Å². The largest absolute Gasteiger partial charge is 0.484 e. The Bertz CT molecular complexity index is 1130. The smallest absolute Gasteiger partial charge is 0.258 e. The van der Waals surface area contributed by atoms with Crippen molar-refractivity contribution in [2.45, 2.75) is 30.8 Å². The van der Waals surface area contributed by atoms with E-state index in [1.807, 2.05) is 30.3 Å². The van der Waals surface area contributed by atoms with Crippen LogP contribution in [0.4, 0.5) is 4.39 Å². The summed E-state index contributed by atoms with van der Waals surface area (Å²) in [5.74, 6) is -0.327. The Morgan fingerprint density at radius 2 is 1.47 bits per heavy atom. The highest BCUT2D eigenvalue weighted by Crippen LogP contribution is 2.20.